The molecule has 4 nitrogen and oxygen atoms in total. The van der Waals surface area contributed by atoms with E-state index in [-0.39, 0.29) is 0 Å². The topological polar surface area (TPSA) is 55.8 Å². The average Bonchev–Trinajstić information content (AvgIpc) is 3.28. The van der Waals surface area contributed by atoms with Gasteiger partial charge in [0.05, 0.1) is 23.6 Å². The molecule has 20 heavy (non-hydrogen) atoms. The molecule has 0 aromatic heterocycles. The van der Waals surface area contributed by atoms with Crippen molar-refractivity contribution in [1.29, 1.82) is 0 Å². The molecular weight excluding hydrogens is 324 g/mol. The Labute approximate surface area is 126 Å². The summed E-state index contributed by atoms with van der Waals surface area (Å²) < 4.78 is 11.9. The predicted octanol–water partition coefficient (Wildman–Crippen LogP) is 3.36. The fourth-order valence-electron chi connectivity index (χ4n) is 2.39. The van der Waals surface area contributed by atoms with E-state index in [0.29, 0.717) is 36.9 Å². The smallest absolute Gasteiger partial charge is 0.314 e. The number of methoxy groups -OCH3 is 1. The highest BCUT2D eigenvalue weighted by atomic mass is 79.9. The van der Waals surface area contributed by atoms with Crippen LogP contribution in [-0.4, -0.2) is 24.8 Å². The van der Waals surface area contributed by atoms with Gasteiger partial charge in [0.1, 0.15) is 0 Å². The summed E-state index contributed by atoms with van der Waals surface area (Å²) in [6.07, 6.45) is 3.79. The molecule has 2 saturated carbocycles. The Morgan fingerprint density at radius 2 is 2.15 bits per heavy atom. The van der Waals surface area contributed by atoms with E-state index in [9.17, 15) is 9.90 Å². The van der Waals surface area contributed by atoms with Gasteiger partial charge in [0.15, 0.2) is 11.5 Å². The highest BCUT2D eigenvalue weighted by molar-refractivity contribution is 9.10. The van der Waals surface area contributed by atoms with E-state index >= 15 is 0 Å². The maximum absolute atomic E-state index is 11.4. The Kier molecular flexibility index (Phi) is 3.40. The van der Waals surface area contributed by atoms with Crippen molar-refractivity contribution >= 4 is 21.9 Å². The lowest BCUT2D eigenvalue weighted by molar-refractivity contribution is -0.140. The monoisotopic (exact) mass is 340 g/mol. The number of hydrogen-bond donors (Lipinski definition) is 1. The molecule has 2 aliphatic rings. The molecule has 3 rings (SSSR count). The van der Waals surface area contributed by atoms with Gasteiger partial charge in [-0.15, -0.1) is 0 Å². The van der Waals surface area contributed by atoms with Crippen molar-refractivity contribution in [1.82, 2.24) is 0 Å². The number of ether oxygens (including phenoxy) is 2. The minimum Gasteiger partial charge on any atom is -0.492 e. The van der Waals surface area contributed by atoms with Crippen molar-refractivity contribution < 1.29 is 19.4 Å². The zero-order valence-corrected chi connectivity index (χ0v) is 12.9. The van der Waals surface area contributed by atoms with E-state index in [0.717, 1.165) is 10.0 Å². The summed E-state index contributed by atoms with van der Waals surface area (Å²) in [6, 6.07) is 3.66. The van der Waals surface area contributed by atoms with Crippen LogP contribution < -0.4 is 9.47 Å². The van der Waals surface area contributed by atoms with Crippen LogP contribution in [0.4, 0.5) is 0 Å². The normalized spacial score (nSPS) is 19.5. The van der Waals surface area contributed by atoms with Crippen molar-refractivity contribution in [2.45, 2.75) is 31.1 Å². The Morgan fingerprint density at radius 1 is 1.45 bits per heavy atom. The van der Waals surface area contributed by atoms with Crippen LogP contribution in [0.25, 0.3) is 0 Å². The molecule has 0 atom stereocenters. The first-order valence-corrected chi connectivity index (χ1v) is 7.60. The molecule has 5 heteroatoms. The summed E-state index contributed by atoms with van der Waals surface area (Å²) in [5.74, 6) is 1.14. The summed E-state index contributed by atoms with van der Waals surface area (Å²) in [5.41, 5.74) is 0.0652. The van der Waals surface area contributed by atoms with Crippen molar-refractivity contribution in [2.75, 3.05) is 13.7 Å². The third kappa shape index (κ3) is 2.39. The number of carboxylic acids is 1. The van der Waals surface area contributed by atoms with Crippen molar-refractivity contribution in [2.24, 2.45) is 5.92 Å². The second-order valence-corrected chi connectivity index (χ2v) is 6.49. The molecule has 108 valence electrons. The first kappa shape index (κ1) is 13.7. The van der Waals surface area contributed by atoms with Gasteiger partial charge >= 0.3 is 5.97 Å². The highest BCUT2D eigenvalue weighted by Crippen LogP contribution is 2.51. The van der Waals surface area contributed by atoms with E-state index in [1.165, 1.54) is 12.8 Å². The third-order valence-electron chi connectivity index (χ3n) is 4.10. The Bertz CT molecular complexity index is 547. The Balaban J connectivity index is 1.93. The molecule has 0 saturated heterocycles. The molecule has 0 unspecified atom stereocenters. The first-order valence-electron chi connectivity index (χ1n) is 6.81. The molecule has 2 aliphatic carbocycles. The maximum atomic E-state index is 11.4. The molecule has 0 radical (unpaired) electrons. The summed E-state index contributed by atoms with van der Waals surface area (Å²) in [6.45, 7) is 0.673. The SMILES string of the molecule is COc1c(Br)cc(C2(C(=O)O)CC2)cc1OCC1CC1. The summed E-state index contributed by atoms with van der Waals surface area (Å²) in [5, 5.41) is 9.41. The van der Waals surface area contributed by atoms with Crippen molar-refractivity contribution in [3.63, 3.8) is 0 Å². The van der Waals surface area contributed by atoms with Crippen LogP contribution in [0.3, 0.4) is 0 Å². The van der Waals surface area contributed by atoms with Gasteiger partial charge in [0, 0.05) is 0 Å². The van der Waals surface area contributed by atoms with Crippen LogP contribution in [0.1, 0.15) is 31.2 Å². The minimum atomic E-state index is -0.761. The molecule has 1 aromatic rings. The minimum absolute atomic E-state index is 0.635. The van der Waals surface area contributed by atoms with Crippen LogP contribution in [-0.2, 0) is 10.2 Å². The van der Waals surface area contributed by atoms with Crippen LogP contribution >= 0.6 is 15.9 Å². The standard InChI is InChI=1S/C15H17BrO4/c1-19-13-11(16)6-10(15(4-5-15)14(17)18)7-12(13)20-8-9-2-3-9/h6-7,9H,2-5,8H2,1H3,(H,17,18). The van der Waals surface area contributed by atoms with Crippen molar-refractivity contribution in [3.8, 4) is 11.5 Å². The van der Waals surface area contributed by atoms with E-state index in [1.807, 2.05) is 12.1 Å². The summed E-state index contributed by atoms with van der Waals surface area (Å²) in [4.78, 5) is 11.4. The lowest BCUT2D eigenvalue weighted by atomic mass is 9.96. The third-order valence-corrected chi connectivity index (χ3v) is 4.69. The fraction of sp³-hybridized carbons (Fsp3) is 0.533. The van der Waals surface area contributed by atoms with Gasteiger partial charge in [0.25, 0.3) is 0 Å². The van der Waals surface area contributed by atoms with Gasteiger partial charge in [-0.25, -0.2) is 0 Å². The molecule has 1 aromatic carbocycles. The van der Waals surface area contributed by atoms with E-state index in [2.05, 4.69) is 15.9 Å². The lowest BCUT2D eigenvalue weighted by Crippen LogP contribution is -2.19. The number of hydrogen-bond acceptors (Lipinski definition) is 3. The Hall–Kier alpha value is -1.23. The van der Waals surface area contributed by atoms with E-state index in [1.54, 1.807) is 7.11 Å². The largest absolute Gasteiger partial charge is 0.492 e. The fourth-order valence-corrected chi connectivity index (χ4v) is 3.00. The highest BCUT2D eigenvalue weighted by Gasteiger charge is 2.52. The van der Waals surface area contributed by atoms with E-state index < -0.39 is 11.4 Å². The molecule has 2 fully saturated rings. The maximum Gasteiger partial charge on any atom is 0.314 e. The molecule has 0 amide bonds. The van der Waals surface area contributed by atoms with Crippen LogP contribution in [0.5, 0.6) is 11.5 Å². The van der Waals surface area contributed by atoms with Gasteiger partial charge in [0.2, 0.25) is 0 Å². The summed E-state index contributed by atoms with van der Waals surface area (Å²) in [7, 11) is 1.59. The average molecular weight is 341 g/mol. The van der Waals surface area contributed by atoms with Gasteiger partial charge < -0.3 is 14.6 Å². The molecule has 0 heterocycles. The number of carboxylic acid groups (broad SMARTS) is 1. The van der Waals surface area contributed by atoms with Crippen LogP contribution in [0.15, 0.2) is 16.6 Å². The first-order chi connectivity index (χ1) is 9.56. The summed E-state index contributed by atoms with van der Waals surface area (Å²) >= 11 is 3.45. The molecule has 0 aliphatic heterocycles. The van der Waals surface area contributed by atoms with Gasteiger partial charge in [-0.1, -0.05) is 0 Å². The Morgan fingerprint density at radius 3 is 2.65 bits per heavy atom. The second-order valence-electron chi connectivity index (χ2n) is 5.63. The molecule has 0 bridgehead atoms. The van der Waals surface area contributed by atoms with Crippen LogP contribution in [0.2, 0.25) is 0 Å². The van der Waals surface area contributed by atoms with Gasteiger partial charge in [-0.3, -0.25) is 4.79 Å². The van der Waals surface area contributed by atoms with Gasteiger partial charge in [-0.05, 0) is 65.2 Å². The molecule has 0 spiro atoms. The number of carbonyl (C=O) groups is 1. The van der Waals surface area contributed by atoms with Gasteiger partial charge in [-0.2, -0.15) is 0 Å². The zero-order valence-electron chi connectivity index (χ0n) is 11.3. The number of halogens is 1. The second kappa shape index (κ2) is 4.95. The van der Waals surface area contributed by atoms with Crippen LogP contribution in [0, 0.1) is 5.92 Å². The number of benzene rings is 1. The number of rotatable bonds is 6. The number of aliphatic carboxylic acids is 1. The van der Waals surface area contributed by atoms with E-state index in [4.69, 9.17) is 9.47 Å². The van der Waals surface area contributed by atoms with Crippen molar-refractivity contribution in [3.05, 3.63) is 22.2 Å². The lowest BCUT2D eigenvalue weighted by Gasteiger charge is -2.17. The molecule has 1 N–H and O–H groups in total. The predicted molar refractivity (Wildman–Crippen MR) is 77.5 cm³/mol. The zero-order chi connectivity index (χ0) is 14.3. The molecular formula is C15H17BrO4. The quantitative estimate of drug-likeness (QED) is 0.862.